The van der Waals surface area contributed by atoms with Crippen molar-refractivity contribution in [3.63, 3.8) is 0 Å². The summed E-state index contributed by atoms with van der Waals surface area (Å²) >= 11 is 5.85. The summed E-state index contributed by atoms with van der Waals surface area (Å²) in [5.74, 6) is 0.954. The van der Waals surface area contributed by atoms with Gasteiger partial charge in [0.05, 0.1) is 25.2 Å². The smallest absolute Gasteiger partial charge is 0.228 e. The average molecular weight is 357 g/mol. The van der Waals surface area contributed by atoms with Gasteiger partial charge in [-0.2, -0.15) is 5.10 Å². The maximum absolute atomic E-state index is 11.9. The summed E-state index contributed by atoms with van der Waals surface area (Å²) in [7, 11) is 0. The highest BCUT2D eigenvalue weighted by Crippen LogP contribution is 2.13. The van der Waals surface area contributed by atoms with Crippen LogP contribution in [0.15, 0.2) is 48.7 Å². The minimum atomic E-state index is -0.151. The summed E-state index contributed by atoms with van der Waals surface area (Å²) in [4.78, 5) is 20.4. The van der Waals surface area contributed by atoms with Gasteiger partial charge in [-0.05, 0) is 36.4 Å². The number of anilines is 1. The number of aromatic amines is 1. The summed E-state index contributed by atoms with van der Waals surface area (Å²) in [5, 5.41) is 13.6. The Bertz CT molecular complexity index is 819. The minimum absolute atomic E-state index is 0.115. The Kier molecular flexibility index (Phi) is 5.58. The third-order valence-corrected chi connectivity index (χ3v) is 3.65. The predicted octanol–water partition coefficient (Wildman–Crippen LogP) is 2.32. The molecule has 8 heteroatoms. The first kappa shape index (κ1) is 16.9. The van der Waals surface area contributed by atoms with Crippen LogP contribution in [0.5, 0.6) is 0 Å². The number of nitrogens with zero attached hydrogens (tertiary/aromatic N) is 3. The lowest BCUT2D eigenvalue weighted by Gasteiger charge is -2.03. The van der Waals surface area contributed by atoms with Crippen molar-refractivity contribution in [2.45, 2.75) is 19.5 Å². The topological polar surface area (TPSA) is 95.6 Å². The quantitative estimate of drug-likeness (QED) is 0.604. The number of carbonyl (C=O) groups is 1. The molecule has 1 amide bonds. The van der Waals surface area contributed by atoms with Gasteiger partial charge in [0.25, 0.3) is 0 Å². The van der Waals surface area contributed by atoms with E-state index in [4.69, 9.17) is 11.6 Å². The van der Waals surface area contributed by atoms with Crippen molar-refractivity contribution in [3.8, 4) is 0 Å². The fourth-order valence-electron chi connectivity index (χ4n) is 2.14. The van der Waals surface area contributed by atoms with Gasteiger partial charge in [0.15, 0.2) is 5.82 Å². The van der Waals surface area contributed by atoms with Crippen molar-refractivity contribution in [2.75, 3.05) is 5.32 Å². The molecule has 3 N–H and O–H groups in total. The molecule has 2 heterocycles. The molecule has 7 nitrogen and oxygen atoms in total. The minimum Gasteiger partial charge on any atom is -0.378 e. The van der Waals surface area contributed by atoms with Crippen LogP contribution in [0.4, 0.5) is 5.69 Å². The van der Waals surface area contributed by atoms with Gasteiger partial charge in [-0.25, -0.2) is 4.98 Å². The molecular formula is C17H17ClN6O. The maximum Gasteiger partial charge on any atom is 0.228 e. The van der Waals surface area contributed by atoms with Crippen LogP contribution in [0, 0.1) is 0 Å². The van der Waals surface area contributed by atoms with Gasteiger partial charge in [0.1, 0.15) is 5.82 Å². The Morgan fingerprint density at radius 3 is 2.72 bits per heavy atom. The zero-order valence-electron chi connectivity index (χ0n) is 13.4. The third kappa shape index (κ3) is 5.29. The van der Waals surface area contributed by atoms with Crippen LogP contribution in [0.25, 0.3) is 0 Å². The number of rotatable bonds is 7. The zero-order valence-corrected chi connectivity index (χ0v) is 14.1. The number of halogens is 1. The molecule has 0 saturated carbocycles. The van der Waals surface area contributed by atoms with Gasteiger partial charge in [-0.3, -0.25) is 14.9 Å². The normalized spacial score (nSPS) is 10.4. The molecule has 128 valence electrons. The van der Waals surface area contributed by atoms with E-state index in [1.165, 1.54) is 0 Å². The van der Waals surface area contributed by atoms with E-state index in [1.807, 2.05) is 42.5 Å². The van der Waals surface area contributed by atoms with E-state index < -0.39 is 0 Å². The molecule has 2 aromatic heterocycles. The van der Waals surface area contributed by atoms with Gasteiger partial charge >= 0.3 is 0 Å². The number of nitrogens with one attached hydrogen (secondary N) is 3. The molecule has 0 radical (unpaired) electrons. The van der Waals surface area contributed by atoms with Crippen molar-refractivity contribution in [1.29, 1.82) is 0 Å². The van der Waals surface area contributed by atoms with Crippen molar-refractivity contribution in [1.82, 2.24) is 25.5 Å². The molecule has 0 unspecified atom stereocenters. The first-order chi connectivity index (χ1) is 12.2. The molecule has 1 aromatic carbocycles. The molecule has 25 heavy (non-hydrogen) atoms. The highest BCUT2D eigenvalue weighted by Gasteiger charge is 2.09. The van der Waals surface area contributed by atoms with Gasteiger partial charge in [-0.1, -0.05) is 17.7 Å². The second-order valence-electron chi connectivity index (χ2n) is 5.33. The Morgan fingerprint density at radius 2 is 1.96 bits per heavy atom. The molecule has 0 atom stereocenters. The number of H-pyrrole nitrogens is 1. The average Bonchev–Trinajstić information content (AvgIpc) is 3.08. The molecule has 0 spiro atoms. The van der Waals surface area contributed by atoms with Crippen LogP contribution in [0.2, 0.25) is 5.02 Å². The van der Waals surface area contributed by atoms with Gasteiger partial charge in [0, 0.05) is 16.9 Å². The van der Waals surface area contributed by atoms with E-state index in [0.717, 1.165) is 11.4 Å². The first-order valence-corrected chi connectivity index (χ1v) is 8.13. The van der Waals surface area contributed by atoms with Crippen LogP contribution in [0.3, 0.4) is 0 Å². The van der Waals surface area contributed by atoms with Crippen molar-refractivity contribution < 1.29 is 4.79 Å². The molecule has 3 aromatic rings. The summed E-state index contributed by atoms with van der Waals surface area (Å²) in [5.41, 5.74) is 1.73. The fourth-order valence-corrected chi connectivity index (χ4v) is 2.27. The summed E-state index contributed by atoms with van der Waals surface area (Å²) in [6.07, 6.45) is 1.81. The number of benzene rings is 1. The largest absolute Gasteiger partial charge is 0.378 e. The van der Waals surface area contributed by atoms with Crippen LogP contribution < -0.4 is 10.6 Å². The Labute approximate surface area is 149 Å². The lowest BCUT2D eigenvalue weighted by molar-refractivity contribution is -0.120. The lowest BCUT2D eigenvalue weighted by Crippen LogP contribution is -2.25. The lowest BCUT2D eigenvalue weighted by atomic mass is 10.3. The van der Waals surface area contributed by atoms with E-state index >= 15 is 0 Å². The van der Waals surface area contributed by atoms with Crippen molar-refractivity contribution >= 4 is 23.2 Å². The molecule has 3 rings (SSSR count). The fraction of sp³-hybridized carbons (Fsp3) is 0.176. The number of pyridine rings is 1. The number of hydrogen-bond acceptors (Lipinski definition) is 5. The highest BCUT2D eigenvalue weighted by molar-refractivity contribution is 6.30. The number of carbonyl (C=O) groups excluding carboxylic acids is 1. The van der Waals surface area contributed by atoms with Crippen LogP contribution in [-0.2, 0) is 24.3 Å². The van der Waals surface area contributed by atoms with E-state index in [1.54, 1.807) is 6.20 Å². The van der Waals surface area contributed by atoms with Crippen molar-refractivity contribution in [3.05, 3.63) is 71.0 Å². The molecule has 0 aliphatic carbocycles. The van der Waals surface area contributed by atoms with Crippen LogP contribution in [-0.4, -0.2) is 26.1 Å². The molecule has 0 aliphatic rings. The Morgan fingerprint density at radius 1 is 1.12 bits per heavy atom. The van der Waals surface area contributed by atoms with Crippen molar-refractivity contribution in [2.24, 2.45) is 0 Å². The van der Waals surface area contributed by atoms with Gasteiger partial charge < -0.3 is 10.6 Å². The van der Waals surface area contributed by atoms with E-state index in [-0.39, 0.29) is 12.3 Å². The SMILES string of the molecule is O=C(Cc1n[nH]c(CNc2ccc(Cl)cc2)n1)NCc1ccccn1. The van der Waals surface area contributed by atoms with Gasteiger partial charge in [-0.15, -0.1) is 0 Å². The van der Waals surface area contributed by atoms with E-state index in [0.29, 0.717) is 29.8 Å². The monoisotopic (exact) mass is 356 g/mol. The Balaban J connectivity index is 1.46. The van der Waals surface area contributed by atoms with E-state index in [9.17, 15) is 4.79 Å². The summed E-state index contributed by atoms with van der Waals surface area (Å²) < 4.78 is 0. The number of aromatic nitrogens is 4. The number of amides is 1. The zero-order chi connectivity index (χ0) is 17.5. The molecule has 0 fully saturated rings. The molecule has 0 aliphatic heterocycles. The number of hydrogen-bond donors (Lipinski definition) is 3. The predicted molar refractivity (Wildman–Crippen MR) is 94.9 cm³/mol. The van der Waals surface area contributed by atoms with Gasteiger partial charge in [0.2, 0.25) is 5.91 Å². The summed E-state index contributed by atoms with van der Waals surface area (Å²) in [6, 6.07) is 12.9. The van der Waals surface area contributed by atoms with Crippen LogP contribution >= 0.6 is 11.6 Å². The molecule has 0 bridgehead atoms. The second kappa shape index (κ2) is 8.25. The molecular weight excluding hydrogens is 340 g/mol. The van der Waals surface area contributed by atoms with E-state index in [2.05, 4.69) is 30.8 Å². The van der Waals surface area contributed by atoms with Crippen LogP contribution in [0.1, 0.15) is 17.3 Å². The third-order valence-electron chi connectivity index (χ3n) is 3.39. The Hall–Kier alpha value is -2.93. The standard InChI is InChI=1S/C17H17ClN6O/c18-12-4-6-13(7-5-12)20-11-16-22-15(23-24-16)9-17(25)21-10-14-3-1-2-8-19-14/h1-8,20H,9-11H2,(H,21,25)(H,22,23,24). The second-order valence-corrected chi connectivity index (χ2v) is 5.77. The molecule has 0 saturated heterocycles. The first-order valence-electron chi connectivity index (χ1n) is 7.75. The maximum atomic E-state index is 11.9. The summed E-state index contributed by atoms with van der Waals surface area (Å²) in [6.45, 7) is 0.860. The highest BCUT2D eigenvalue weighted by atomic mass is 35.5.